The number of rotatable bonds is 6. The monoisotopic (exact) mass is 299 g/mol. The molecule has 2 unspecified atom stereocenters. The zero-order chi connectivity index (χ0) is 15.9. The van der Waals surface area contributed by atoms with E-state index in [0.29, 0.717) is 5.92 Å². The van der Waals surface area contributed by atoms with Crippen LogP contribution in [0.15, 0.2) is 4.99 Å². The Morgan fingerprint density at radius 1 is 1.43 bits per heavy atom. The van der Waals surface area contributed by atoms with Crippen LogP contribution in [-0.2, 0) is 9.47 Å². The highest BCUT2D eigenvalue weighted by Crippen LogP contribution is 2.21. The molecule has 0 bridgehead atoms. The molecular weight excluding hydrogens is 266 g/mol. The van der Waals surface area contributed by atoms with Crippen LogP contribution in [0.25, 0.3) is 0 Å². The van der Waals surface area contributed by atoms with Crippen molar-refractivity contribution >= 4 is 5.96 Å². The van der Waals surface area contributed by atoms with Crippen molar-refractivity contribution in [1.82, 2.24) is 10.2 Å². The maximum absolute atomic E-state index is 5.59. The SMILES string of the molecule is CCOCC1CCN(C(=NC)NCC(OC)C(C)(C)C)C1. The van der Waals surface area contributed by atoms with Crippen LogP contribution >= 0.6 is 0 Å². The molecule has 0 aliphatic carbocycles. The Morgan fingerprint density at radius 3 is 2.67 bits per heavy atom. The minimum atomic E-state index is 0.114. The molecule has 5 heteroatoms. The highest BCUT2D eigenvalue weighted by Gasteiger charge is 2.27. The molecule has 1 saturated heterocycles. The highest BCUT2D eigenvalue weighted by atomic mass is 16.5. The van der Waals surface area contributed by atoms with Gasteiger partial charge in [0.05, 0.1) is 12.7 Å². The second kappa shape index (κ2) is 8.59. The molecule has 0 aromatic carbocycles. The molecular formula is C16H33N3O2. The quantitative estimate of drug-likeness (QED) is 0.602. The lowest BCUT2D eigenvalue weighted by atomic mass is 9.89. The number of guanidine groups is 1. The first kappa shape index (κ1) is 18.2. The first-order chi connectivity index (χ1) is 9.92. The van der Waals surface area contributed by atoms with E-state index in [2.05, 4.69) is 36.0 Å². The van der Waals surface area contributed by atoms with Gasteiger partial charge >= 0.3 is 0 Å². The standard InChI is InChI=1S/C16H33N3O2/c1-7-21-12-13-8-9-19(11-13)15(17-5)18-10-14(20-6)16(2,3)4/h13-14H,7-12H2,1-6H3,(H,17,18). The first-order valence-corrected chi connectivity index (χ1v) is 7.98. The fourth-order valence-electron chi connectivity index (χ4n) is 2.70. The van der Waals surface area contributed by atoms with Gasteiger partial charge in [-0.15, -0.1) is 0 Å². The van der Waals surface area contributed by atoms with Gasteiger partial charge in [0.15, 0.2) is 5.96 Å². The highest BCUT2D eigenvalue weighted by molar-refractivity contribution is 5.80. The van der Waals surface area contributed by atoms with Gasteiger partial charge in [-0.3, -0.25) is 4.99 Å². The van der Waals surface area contributed by atoms with Gasteiger partial charge in [0.2, 0.25) is 0 Å². The molecule has 1 aliphatic heterocycles. The minimum absolute atomic E-state index is 0.114. The molecule has 21 heavy (non-hydrogen) atoms. The van der Waals surface area contributed by atoms with Crippen LogP contribution in [0, 0.1) is 11.3 Å². The van der Waals surface area contributed by atoms with Gasteiger partial charge in [-0.1, -0.05) is 20.8 Å². The predicted octanol–water partition coefficient (Wildman–Crippen LogP) is 1.98. The number of ether oxygens (including phenoxy) is 2. The van der Waals surface area contributed by atoms with Crippen LogP contribution in [-0.4, -0.2) is 64.0 Å². The van der Waals surface area contributed by atoms with E-state index in [1.165, 1.54) is 6.42 Å². The summed E-state index contributed by atoms with van der Waals surface area (Å²) in [6.07, 6.45) is 1.34. The molecule has 1 heterocycles. The van der Waals surface area contributed by atoms with Crippen molar-refractivity contribution in [3.8, 4) is 0 Å². The first-order valence-electron chi connectivity index (χ1n) is 7.98. The van der Waals surface area contributed by atoms with Crippen LogP contribution in [0.1, 0.15) is 34.1 Å². The Hall–Kier alpha value is -0.810. The average molecular weight is 299 g/mol. The fraction of sp³-hybridized carbons (Fsp3) is 0.938. The van der Waals surface area contributed by atoms with Gasteiger partial charge in [-0.05, 0) is 18.8 Å². The van der Waals surface area contributed by atoms with Crippen LogP contribution in [0.4, 0.5) is 0 Å². The molecule has 1 N–H and O–H groups in total. The van der Waals surface area contributed by atoms with Crippen molar-refractivity contribution in [1.29, 1.82) is 0 Å². The number of methoxy groups -OCH3 is 1. The molecule has 0 amide bonds. The number of hydrogen-bond acceptors (Lipinski definition) is 3. The average Bonchev–Trinajstić information content (AvgIpc) is 2.88. The normalized spacial score (nSPS) is 21.7. The summed E-state index contributed by atoms with van der Waals surface area (Å²) >= 11 is 0. The third kappa shape index (κ3) is 5.83. The predicted molar refractivity (Wildman–Crippen MR) is 87.8 cm³/mol. The molecule has 2 atom stereocenters. The van der Waals surface area contributed by atoms with Gasteiger partial charge < -0.3 is 19.7 Å². The van der Waals surface area contributed by atoms with E-state index in [4.69, 9.17) is 9.47 Å². The molecule has 0 saturated carbocycles. The van der Waals surface area contributed by atoms with E-state index >= 15 is 0 Å². The minimum Gasteiger partial charge on any atom is -0.381 e. The molecule has 0 radical (unpaired) electrons. The smallest absolute Gasteiger partial charge is 0.193 e. The zero-order valence-corrected chi connectivity index (χ0v) is 14.6. The summed E-state index contributed by atoms with van der Waals surface area (Å²) in [6.45, 7) is 13.1. The molecule has 1 fully saturated rings. The van der Waals surface area contributed by atoms with Crippen molar-refractivity contribution < 1.29 is 9.47 Å². The maximum Gasteiger partial charge on any atom is 0.193 e. The van der Waals surface area contributed by atoms with Crippen LogP contribution in [0.5, 0.6) is 0 Å². The number of hydrogen-bond donors (Lipinski definition) is 1. The van der Waals surface area contributed by atoms with E-state index in [-0.39, 0.29) is 11.5 Å². The summed E-state index contributed by atoms with van der Waals surface area (Å²) in [6, 6.07) is 0. The molecule has 0 aromatic rings. The van der Waals surface area contributed by atoms with Gasteiger partial charge in [0.25, 0.3) is 0 Å². The number of nitrogens with one attached hydrogen (secondary N) is 1. The van der Waals surface area contributed by atoms with Crippen molar-refractivity contribution in [3.05, 3.63) is 0 Å². The summed E-state index contributed by atoms with van der Waals surface area (Å²) < 4.78 is 11.1. The molecule has 124 valence electrons. The Balaban J connectivity index is 2.46. The molecule has 1 aliphatic rings. The van der Waals surface area contributed by atoms with Crippen molar-refractivity contribution in [2.75, 3.05) is 47.0 Å². The van der Waals surface area contributed by atoms with Gasteiger partial charge in [-0.2, -0.15) is 0 Å². The van der Waals surface area contributed by atoms with Crippen molar-refractivity contribution in [3.63, 3.8) is 0 Å². The van der Waals surface area contributed by atoms with Gasteiger partial charge in [0, 0.05) is 46.3 Å². The van der Waals surface area contributed by atoms with E-state index in [9.17, 15) is 0 Å². The van der Waals surface area contributed by atoms with Crippen molar-refractivity contribution in [2.45, 2.75) is 40.2 Å². The lowest BCUT2D eigenvalue weighted by molar-refractivity contribution is 0.0202. The third-order valence-corrected chi connectivity index (χ3v) is 4.05. The largest absolute Gasteiger partial charge is 0.381 e. The van der Waals surface area contributed by atoms with E-state index in [1.807, 2.05) is 14.0 Å². The summed E-state index contributed by atoms with van der Waals surface area (Å²) in [5, 5.41) is 3.46. The molecule has 0 spiro atoms. The Labute approximate surface area is 130 Å². The van der Waals surface area contributed by atoms with E-state index in [1.54, 1.807) is 7.11 Å². The van der Waals surface area contributed by atoms with Gasteiger partial charge in [0.1, 0.15) is 0 Å². The number of aliphatic imine (C=N–C) groups is 1. The second-order valence-corrected chi connectivity index (χ2v) is 6.78. The topological polar surface area (TPSA) is 46.1 Å². The van der Waals surface area contributed by atoms with Gasteiger partial charge in [-0.25, -0.2) is 0 Å². The second-order valence-electron chi connectivity index (χ2n) is 6.78. The van der Waals surface area contributed by atoms with Crippen LogP contribution in [0.3, 0.4) is 0 Å². The number of nitrogens with zero attached hydrogens (tertiary/aromatic N) is 2. The zero-order valence-electron chi connectivity index (χ0n) is 14.6. The number of likely N-dealkylation sites (tertiary alicyclic amines) is 1. The summed E-state index contributed by atoms with van der Waals surface area (Å²) in [7, 11) is 3.62. The Bertz CT molecular complexity index is 326. The molecule has 1 rings (SSSR count). The lowest BCUT2D eigenvalue weighted by Crippen LogP contribution is -2.46. The fourth-order valence-corrected chi connectivity index (χ4v) is 2.70. The summed E-state index contributed by atoms with van der Waals surface area (Å²) in [5.74, 6) is 1.59. The third-order valence-electron chi connectivity index (χ3n) is 4.05. The van der Waals surface area contributed by atoms with Crippen molar-refractivity contribution in [2.24, 2.45) is 16.3 Å². The van der Waals surface area contributed by atoms with Crippen LogP contribution in [0.2, 0.25) is 0 Å². The molecule has 5 nitrogen and oxygen atoms in total. The van der Waals surface area contributed by atoms with E-state index in [0.717, 1.165) is 38.8 Å². The molecule has 0 aromatic heterocycles. The maximum atomic E-state index is 5.59. The lowest BCUT2D eigenvalue weighted by Gasteiger charge is -2.31. The Kier molecular flexibility index (Phi) is 7.46. The summed E-state index contributed by atoms with van der Waals surface area (Å²) in [5.41, 5.74) is 0.114. The summed E-state index contributed by atoms with van der Waals surface area (Å²) in [4.78, 5) is 6.73. The van der Waals surface area contributed by atoms with E-state index < -0.39 is 0 Å². The van der Waals surface area contributed by atoms with Crippen LogP contribution < -0.4 is 5.32 Å². The Morgan fingerprint density at radius 2 is 2.14 bits per heavy atom.